The molecule has 18 heavy (non-hydrogen) atoms. The Morgan fingerprint density at radius 2 is 1.83 bits per heavy atom. The highest BCUT2D eigenvalue weighted by molar-refractivity contribution is 9.10. The summed E-state index contributed by atoms with van der Waals surface area (Å²) in [6.07, 6.45) is 0. The molecule has 0 unspecified atom stereocenters. The molecule has 0 saturated carbocycles. The Morgan fingerprint density at radius 1 is 1.11 bits per heavy atom. The number of nitrogens with zero attached hydrogens (tertiary/aromatic N) is 1. The first-order valence-electron chi connectivity index (χ1n) is 5.02. The van der Waals surface area contributed by atoms with Gasteiger partial charge in [-0.15, -0.1) is 0 Å². The Bertz CT molecular complexity index is 602. The predicted octanol–water partition coefficient (Wildman–Crippen LogP) is 5.86. The lowest BCUT2D eigenvalue weighted by molar-refractivity contribution is 1.30. The van der Waals surface area contributed by atoms with E-state index < -0.39 is 0 Å². The second-order valence-corrected chi connectivity index (χ2v) is 5.71. The predicted molar refractivity (Wildman–Crippen MR) is 81.4 cm³/mol. The van der Waals surface area contributed by atoms with Gasteiger partial charge in [-0.05, 0) is 30.7 Å². The summed E-state index contributed by atoms with van der Waals surface area (Å²) in [6.45, 7) is 2.01. The summed E-state index contributed by atoms with van der Waals surface area (Å²) in [5, 5.41) is 4.06. The van der Waals surface area contributed by atoms with Crippen LogP contribution in [0.15, 0.2) is 28.7 Å². The van der Waals surface area contributed by atoms with Crippen LogP contribution in [0.3, 0.4) is 0 Å². The second kappa shape index (κ2) is 5.66. The minimum absolute atomic E-state index is 0.217. The van der Waals surface area contributed by atoms with Crippen molar-refractivity contribution < 1.29 is 0 Å². The Balaban J connectivity index is 2.34. The van der Waals surface area contributed by atoms with Gasteiger partial charge in [0.2, 0.25) is 0 Å². The fraction of sp³-hybridized carbons (Fsp3) is 0.0833. The molecule has 1 heterocycles. The lowest BCUT2D eigenvalue weighted by Crippen LogP contribution is -1.95. The van der Waals surface area contributed by atoms with Crippen LogP contribution >= 0.6 is 50.7 Å². The maximum absolute atomic E-state index is 6.04. The highest BCUT2D eigenvalue weighted by atomic mass is 79.9. The Hall–Kier alpha value is -0.480. The zero-order chi connectivity index (χ0) is 13.3. The van der Waals surface area contributed by atoms with Crippen LogP contribution in [-0.4, -0.2) is 4.98 Å². The van der Waals surface area contributed by atoms with Crippen LogP contribution in [0, 0.1) is 6.92 Å². The highest BCUT2D eigenvalue weighted by Crippen LogP contribution is 2.31. The maximum Gasteiger partial charge on any atom is 0.151 e. The number of aryl methyl sites for hydroxylation is 1. The van der Waals surface area contributed by atoms with Gasteiger partial charge in [0.05, 0.1) is 10.0 Å². The summed E-state index contributed by atoms with van der Waals surface area (Å²) in [6, 6.07) is 7.42. The van der Waals surface area contributed by atoms with Crippen molar-refractivity contribution in [2.24, 2.45) is 0 Å². The van der Waals surface area contributed by atoms with Crippen molar-refractivity contribution >= 4 is 62.2 Å². The van der Waals surface area contributed by atoms with Crippen LogP contribution in [-0.2, 0) is 0 Å². The molecule has 94 valence electrons. The van der Waals surface area contributed by atoms with Crippen molar-refractivity contribution in [1.82, 2.24) is 4.98 Å². The highest BCUT2D eigenvalue weighted by Gasteiger charge is 2.08. The van der Waals surface area contributed by atoms with Crippen LogP contribution in [0.2, 0.25) is 15.2 Å². The van der Waals surface area contributed by atoms with Crippen LogP contribution in [0.5, 0.6) is 0 Å². The van der Waals surface area contributed by atoms with Crippen molar-refractivity contribution in [3.05, 3.63) is 49.5 Å². The summed E-state index contributed by atoms with van der Waals surface area (Å²) in [4.78, 5) is 4.09. The smallest absolute Gasteiger partial charge is 0.151 e. The third-order valence-electron chi connectivity index (χ3n) is 2.32. The number of hydrogen-bond donors (Lipinski definition) is 1. The molecule has 0 atom stereocenters. The number of benzene rings is 1. The first-order chi connectivity index (χ1) is 8.47. The van der Waals surface area contributed by atoms with Crippen molar-refractivity contribution in [2.75, 3.05) is 5.32 Å². The molecular formula is C12H8BrCl3N2. The number of anilines is 2. The van der Waals surface area contributed by atoms with Crippen LogP contribution in [0.4, 0.5) is 11.5 Å². The third-order valence-corrected chi connectivity index (χ3v) is 4.14. The maximum atomic E-state index is 6.04. The van der Waals surface area contributed by atoms with Crippen LogP contribution in [0.1, 0.15) is 5.56 Å². The molecule has 1 N–H and O–H groups in total. The summed E-state index contributed by atoms with van der Waals surface area (Å²) < 4.78 is 1.00. The zero-order valence-electron chi connectivity index (χ0n) is 9.27. The molecule has 0 bridgehead atoms. The fourth-order valence-electron chi connectivity index (χ4n) is 1.34. The lowest BCUT2D eigenvalue weighted by Gasteiger charge is -2.09. The molecule has 0 aliphatic rings. The van der Waals surface area contributed by atoms with Crippen molar-refractivity contribution in [3.63, 3.8) is 0 Å². The van der Waals surface area contributed by atoms with Crippen molar-refractivity contribution in [1.29, 1.82) is 0 Å². The van der Waals surface area contributed by atoms with E-state index in [4.69, 9.17) is 34.8 Å². The number of rotatable bonds is 2. The summed E-state index contributed by atoms with van der Waals surface area (Å²) >= 11 is 21.2. The standard InChI is InChI=1S/C12H8BrCl3N2/c1-6-2-3-7(4-8(6)13)17-12-10(15)5-9(14)11(16)18-12/h2-5H,1H3,(H,17,18). The average molecular weight is 366 g/mol. The summed E-state index contributed by atoms with van der Waals surface area (Å²) in [5.74, 6) is 0.474. The minimum atomic E-state index is 0.217. The van der Waals surface area contributed by atoms with Gasteiger partial charge in [-0.25, -0.2) is 4.98 Å². The largest absolute Gasteiger partial charge is 0.339 e. The number of nitrogens with one attached hydrogen (secondary N) is 1. The lowest BCUT2D eigenvalue weighted by atomic mass is 10.2. The molecule has 2 nitrogen and oxygen atoms in total. The topological polar surface area (TPSA) is 24.9 Å². The normalized spacial score (nSPS) is 10.5. The van der Waals surface area contributed by atoms with Gasteiger partial charge in [0.1, 0.15) is 5.15 Å². The third kappa shape index (κ3) is 3.09. The molecule has 6 heteroatoms. The van der Waals surface area contributed by atoms with Gasteiger partial charge < -0.3 is 5.32 Å². The molecule has 0 saturated heterocycles. The molecular weight excluding hydrogens is 358 g/mol. The van der Waals surface area contributed by atoms with Gasteiger partial charge in [-0.3, -0.25) is 0 Å². The molecule has 0 radical (unpaired) electrons. The van der Waals surface area contributed by atoms with E-state index in [2.05, 4.69) is 26.2 Å². The Morgan fingerprint density at radius 3 is 2.50 bits per heavy atom. The molecule has 1 aromatic heterocycles. The quantitative estimate of drug-likeness (QED) is 0.674. The number of hydrogen-bond acceptors (Lipinski definition) is 2. The van der Waals surface area contributed by atoms with E-state index in [-0.39, 0.29) is 5.15 Å². The minimum Gasteiger partial charge on any atom is -0.339 e. The van der Waals surface area contributed by atoms with E-state index in [0.29, 0.717) is 15.9 Å². The van der Waals surface area contributed by atoms with Gasteiger partial charge in [-0.1, -0.05) is 56.8 Å². The van der Waals surface area contributed by atoms with E-state index in [1.807, 2.05) is 25.1 Å². The fourth-order valence-corrected chi connectivity index (χ4v) is 2.26. The van der Waals surface area contributed by atoms with Crippen LogP contribution in [0.25, 0.3) is 0 Å². The molecule has 2 aromatic rings. The van der Waals surface area contributed by atoms with E-state index >= 15 is 0 Å². The zero-order valence-corrected chi connectivity index (χ0v) is 13.1. The Labute approximate surface area is 128 Å². The van der Waals surface area contributed by atoms with Gasteiger partial charge in [0.15, 0.2) is 5.82 Å². The molecule has 0 spiro atoms. The number of pyridine rings is 1. The summed E-state index contributed by atoms with van der Waals surface area (Å²) in [7, 11) is 0. The number of aromatic nitrogens is 1. The van der Waals surface area contributed by atoms with Gasteiger partial charge >= 0.3 is 0 Å². The SMILES string of the molecule is Cc1ccc(Nc2nc(Cl)c(Cl)cc2Cl)cc1Br. The van der Waals surface area contributed by atoms with Crippen molar-refractivity contribution in [3.8, 4) is 0 Å². The molecule has 0 aliphatic heterocycles. The average Bonchev–Trinajstić information content (AvgIpc) is 2.31. The van der Waals surface area contributed by atoms with E-state index in [1.54, 1.807) is 6.07 Å². The molecule has 1 aromatic carbocycles. The summed E-state index contributed by atoms with van der Waals surface area (Å²) in [5.41, 5.74) is 2.01. The molecule has 0 aliphatic carbocycles. The first kappa shape index (κ1) is 13.9. The van der Waals surface area contributed by atoms with E-state index in [0.717, 1.165) is 15.7 Å². The Kier molecular flexibility index (Phi) is 4.38. The number of halogens is 4. The van der Waals surface area contributed by atoms with E-state index in [1.165, 1.54) is 0 Å². The van der Waals surface area contributed by atoms with Gasteiger partial charge in [-0.2, -0.15) is 0 Å². The molecule has 2 rings (SSSR count). The molecule has 0 amide bonds. The van der Waals surface area contributed by atoms with Gasteiger partial charge in [0, 0.05) is 10.2 Å². The second-order valence-electron chi connectivity index (χ2n) is 3.68. The van der Waals surface area contributed by atoms with E-state index in [9.17, 15) is 0 Å². The monoisotopic (exact) mass is 364 g/mol. The molecule has 0 fully saturated rings. The van der Waals surface area contributed by atoms with Crippen molar-refractivity contribution in [2.45, 2.75) is 6.92 Å². The first-order valence-corrected chi connectivity index (χ1v) is 6.95. The van der Waals surface area contributed by atoms with Crippen LogP contribution < -0.4 is 5.32 Å². The van der Waals surface area contributed by atoms with Gasteiger partial charge in [0.25, 0.3) is 0 Å².